The summed E-state index contributed by atoms with van der Waals surface area (Å²) in [4.78, 5) is 0. The standard InChI is InChI=1S/C25H39F5O2/c1-5-7-8-9-10-12-15-18(25(6-2,31-3)32-4)16-13-11-14-17-19-20(26)22(28)24(30)23(29)21(19)27/h18H,5-17H2,1-4H3. The van der Waals surface area contributed by atoms with Gasteiger partial charge in [-0.15, -0.1) is 0 Å². The first-order chi connectivity index (χ1) is 15.3. The van der Waals surface area contributed by atoms with E-state index in [4.69, 9.17) is 9.47 Å². The van der Waals surface area contributed by atoms with Crippen molar-refractivity contribution in [3.63, 3.8) is 0 Å². The van der Waals surface area contributed by atoms with Crippen LogP contribution >= 0.6 is 0 Å². The van der Waals surface area contributed by atoms with Crippen molar-refractivity contribution >= 4 is 0 Å². The van der Waals surface area contributed by atoms with E-state index in [1.807, 2.05) is 6.92 Å². The lowest BCUT2D eigenvalue weighted by Gasteiger charge is -2.38. The molecule has 7 heteroatoms. The number of halogens is 5. The maximum Gasteiger partial charge on any atom is 0.200 e. The number of hydrogen-bond donors (Lipinski definition) is 0. The third kappa shape index (κ3) is 7.68. The van der Waals surface area contributed by atoms with E-state index in [2.05, 4.69) is 6.92 Å². The van der Waals surface area contributed by atoms with Crippen LogP contribution in [0.15, 0.2) is 0 Å². The van der Waals surface area contributed by atoms with Crippen molar-refractivity contribution in [2.24, 2.45) is 5.92 Å². The van der Waals surface area contributed by atoms with Crippen molar-refractivity contribution in [3.05, 3.63) is 34.6 Å². The zero-order valence-corrected chi connectivity index (χ0v) is 20.0. The minimum atomic E-state index is -2.11. The van der Waals surface area contributed by atoms with Gasteiger partial charge in [-0.25, -0.2) is 22.0 Å². The van der Waals surface area contributed by atoms with Crippen molar-refractivity contribution in [3.8, 4) is 0 Å². The molecule has 0 aromatic heterocycles. The van der Waals surface area contributed by atoms with Gasteiger partial charge in [0.1, 0.15) is 0 Å². The Morgan fingerprint density at radius 1 is 0.625 bits per heavy atom. The summed E-state index contributed by atoms with van der Waals surface area (Å²) in [5.41, 5.74) is -0.735. The van der Waals surface area contributed by atoms with Crippen LogP contribution in [0.3, 0.4) is 0 Å². The summed E-state index contributed by atoms with van der Waals surface area (Å²) >= 11 is 0. The fourth-order valence-electron chi connectivity index (χ4n) is 4.49. The fourth-order valence-corrected chi connectivity index (χ4v) is 4.49. The van der Waals surface area contributed by atoms with E-state index in [0.29, 0.717) is 19.3 Å². The molecule has 0 saturated carbocycles. The lowest BCUT2D eigenvalue weighted by atomic mass is 9.85. The Hall–Kier alpha value is -1.21. The third-order valence-electron chi connectivity index (χ3n) is 6.49. The molecule has 0 aliphatic rings. The van der Waals surface area contributed by atoms with Gasteiger partial charge in [0.25, 0.3) is 0 Å². The number of ether oxygens (including phenoxy) is 2. The van der Waals surface area contributed by atoms with Crippen molar-refractivity contribution in [2.75, 3.05) is 14.2 Å². The molecule has 0 amide bonds. The zero-order chi connectivity index (χ0) is 24.1. The molecule has 0 fully saturated rings. The Balaban J connectivity index is 2.63. The summed E-state index contributed by atoms with van der Waals surface area (Å²) in [7, 11) is 3.29. The SMILES string of the molecule is CCCCCCCCC(CCCCCc1c(F)c(F)c(F)c(F)c1F)C(CC)(OC)OC. The molecule has 0 bridgehead atoms. The predicted octanol–water partition coefficient (Wildman–Crippen LogP) is 8.25. The van der Waals surface area contributed by atoms with E-state index < -0.39 is 40.4 Å². The number of rotatable bonds is 17. The summed E-state index contributed by atoms with van der Waals surface area (Å²) in [6.45, 7) is 4.21. The Morgan fingerprint density at radius 3 is 1.53 bits per heavy atom. The van der Waals surface area contributed by atoms with Gasteiger partial charge in [-0.3, -0.25) is 0 Å². The molecule has 0 saturated heterocycles. The van der Waals surface area contributed by atoms with E-state index in [1.54, 1.807) is 14.2 Å². The van der Waals surface area contributed by atoms with E-state index in [0.717, 1.165) is 32.1 Å². The molecule has 1 rings (SSSR count). The Kier molecular flexibility index (Phi) is 13.4. The number of hydrogen-bond acceptors (Lipinski definition) is 2. The highest BCUT2D eigenvalue weighted by Gasteiger charge is 2.36. The van der Waals surface area contributed by atoms with Crippen LogP contribution in [-0.2, 0) is 15.9 Å². The first kappa shape index (κ1) is 28.8. The Bertz CT molecular complexity index is 640. The summed E-state index contributed by atoms with van der Waals surface area (Å²) < 4.78 is 79.1. The monoisotopic (exact) mass is 466 g/mol. The highest BCUT2D eigenvalue weighted by Crippen LogP contribution is 2.35. The van der Waals surface area contributed by atoms with Gasteiger partial charge >= 0.3 is 0 Å². The van der Waals surface area contributed by atoms with Gasteiger partial charge in [0.05, 0.1) is 0 Å². The van der Waals surface area contributed by atoms with Crippen LogP contribution in [0.25, 0.3) is 0 Å². The average Bonchev–Trinajstić information content (AvgIpc) is 2.81. The quantitative estimate of drug-likeness (QED) is 0.0756. The molecule has 1 atom stereocenters. The van der Waals surface area contributed by atoms with Crippen molar-refractivity contribution < 1.29 is 31.4 Å². The van der Waals surface area contributed by atoms with Crippen LogP contribution in [0.5, 0.6) is 0 Å². The average molecular weight is 467 g/mol. The maximum absolute atomic E-state index is 13.8. The van der Waals surface area contributed by atoms with E-state index in [9.17, 15) is 22.0 Å². The minimum absolute atomic E-state index is 0.169. The van der Waals surface area contributed by atoms with E-state index in [1.165, 1.54) is 25.7 Å². The fraction of sp³-hybridized carbons (Fsp3) is 0.760. The van der Waals surface area contributed by atoms with Crippen LogP contribution in [0.2, 0.25) is 0 Å². The second-order valence-electron chi connectivity index (χ2n) is 8.47. The molecule has 1 unspecified atom stereocenters. The van der Waals surface area contributed by atoms with Gasteiger partial charge < -0.3 is 9.47 Å². The van der Waals surface area contributed by atoms with Crippen molar-refractivity contribution in [1.29, 1.82) is 0 Å². The summed E-state index contributed by atoms with van der Waals surface area (Å²) in [6, 6.07) is 0. The number of methoxy groups -OCH3 is 2. The molecule has 0 heterocycles. The molecular formula is C25H39F5O2. The zero-order valence-electron chi connectivity index (χ0n) is 20.0. The molecule has 186 valence electrons. The second-order valence-corrected chi connectivity index (χ2v) is 8.47. The molecule has 2 nitrogen and oxygen atoms in total. The Morgan fingerprint density at radius 2 is 1.06 bits per heavy atom. The van der Waals surface area contributed by atoms with Gasteiger partial charge in [0.15, 0.2) is 29.1 Å². The van der Waals surface area contributed by atoms with E-state index in [-0.39, 0.29) is 12.3 Å². The lowest BCUT2D eigenvalue weighted by Crippen LogP contribution is -2.41. The van der Waals surface area contributed by atoms with Gasteiger partial charge in [-0.05, 0) is 32.1 Å². The summed E-state index contributed by atoms with van der Waals surface area (Å²) in [5, 5.41) is 0. The molecule has 1 aromatic carbocycles. The molecule has 1 aromatic rings. The van der Waals surface area contributed by atoms with E-state index >= 15 is 0 Å². The predicted molar refractivity (Wildman–Crippen MR) is 117 cm³/mol. The third-order valence-corrected chi connectivity index (χ3v) is 6.49. The molecule has 0 spiro atoms. The van der Waals surface area contributed by atoms with Gasteiger partial charge in [0.2, 0.25) is 5.82 Å². The smallest absolute Gasteiger partial charge is 0.200 e. The van der Waals surface area contributed by atoms with Gasteiger partial charge in [-0.1, -0.05) is 65.2 Å². The topological polar surface area (TPSA) is 18.5 Å². The van der Waals surface area contributed by atoms with Crippen LogP contribution in [-0.4, -0.2) is 20.0 Å². The first-order valence-electron chi connectivity index (χ1n) is 11.9. The normalized spacial score (nSPS) is 13.0. The highest BCUT2D eigenvalue weighted by atomic mass is 19.2. The Labute approximate surface area is 189 Å². The second kappa shape index (κ2) is 14.8. The highest BCUT2D eigenvalue weighted by molar-refractivity contribution is 5.24. The number of unbranched alkanes of at least 4 members (excludes halogenated alkanes) is 7. The largest absolute Gasteiger partial charge is 0.353 e. The van der Waals surface area contributed by atoms with Crippen molar-refractivity contribution in [1.82, 2.24) is 0 Å². The molecule has 0 N–H and O–H groups in total. The molecule has 32 heavy (non-hydrogen) atoms. The van der Waals surface area contributed by atoms with Crippen LogP contribution in [0.4, 0.5) is 22.0 Å². The first-order valence-corrected chi connectivity index (χ1v) is 11.9. The van der Waals surface area contributed by atoms with Crippen LogP contribution in [0, 0.1) is 35.0 Å². The molecule has 0 aliphatic heterocycles. The molecule has 0 aliphatic carbocycles. The van der Waals surface area contributed by atoms with Crippen molar-refractivity contribution in [2.45, 2.75) is 103 Å². The van der Waals surface area contributed by atoms with Crippen LogP contribution < -0.4 is 0 Å². The maximum atomic E-state index is 13.8. The molecule has 0 radical (unpaired) electrons. The lowest BCUT2D eigenvalue weighted by molar-refractivity contribution is -0.244. The molecular weight excluding hydrogens is 427 g/mol. The van der Waals surface area contributed by atoms with Crippen LogP contribution in [0.1, 0.15) is 96.5 Å². The summed E-state index contributed by atoms with van der Waals surface area (Å²) in [5.74, 6) is -9.85. The summed E-state index contributed by atoms with van der Waals surface area (Å²) in [6.07, 6.45) is 11.1. The van der Waals surface area contributed by atoms with Gasteiger partial charge in [0, 0.05) is 25.7 Å². The van der Waals surface area contributed by atoms with Gasteiger partial charge in [-0.2, -0.15) is 0 Å². The minimum Gasteiger partial charge on any atom is -0.353 e. The number of benzene rings is 1.